The van der Waals surface area contributed by atoms with Crippen LogP contribution in [0.15, 0.2) is 23.8 Å². The van der Waals surface area contributed by atoms with Gasteiger partial charge in [0, 0.05) is 12.0 Å². The zero-order valence-electron chi connectivity index (χ0n) is 5.22. The van der Waals surface area contributed by atoms with Crippen molar-refractivity contribution in [3.05, 3.63) is 30.2 Å². The zero-order valence-corrected chi connectivity index (χ0v) is 5.22. The Labute approximate surface area is 54.3 Å². The van der Waals surface area contributed by atoms with Gasteiger partial charge in [-0.3, -0.25) is 5.41 Å². The smallest absolute Gasteiger partial charge is 0.209 e. The summed E-state index contributed by atoms with van der Waals surface area (Å²) in [5.74, 6) is 0.222. The second kappa shape index (κ2) is 2.49. The van der Waals surface area contributed by atoms with E-state index in [9.17, 15) is 0 Å². The third kappa shape index (κ3) is 1.19. The Morgan fingerprint density at radius 2 is 2.33 bits per heavy atom. The fourth-order valence-electron chi connectivity index (χ4n) is 0.643. The van der Waals surface area contributed by atoms with Gasteiger partial charge < -0.3 is 4.74 Å². The minimum absolute atomic E-state index is 0.222. The zero-order chi connectivity index (χ0) is 6.69. The van der Waals surface area contributed by atoms with Crippen LogP contribution < -0.4 is 0 Å². The maximum absolute atomic E-state index is 7.17. The Balaban J connectivity index is 2.55. The highest BCUT2D eigenvalue weighted by molar-refractivity contribution is 5.94. The number of rotatable bonds is 1. The van der Waals surface area contributed by atoms with Gasteiger partial charge in [0.25, 0.3) is 0 Å². The van der Waals surface area contributed by atoms with Crippen LogP contribution in [0.2, 0.25) is 0 Å². The Morgan fingerprint density at radius 3 is 2.78 bits per heavy atom. The van der Waals surface area contributed by atoms with E-state index in [-0.39, 0.29) is 5.90 Å². The number of methoxy groups -OCH3 is 1. The first kappa shape index (κ1) is 6.08. The topological polar surface area (TPSA) is 33.1 Å². The predicted molar refractivity (Wildman–Crippen MR) is 36.3 cm³/mol. The summed E-state index contributed by atoms with van der Waals surface area (Å²) in [6.45, 7) is 0. The van der Waals surface area contributed by atoms with Gasteiger partial charge >= 0.3 is 0 Å². The standard InChI is InChI=1S/C7H8NO/c1-9-7(8)6-4-2-3-5-6/h2-5,8H,1H3. The molecule has 0 aromatic heterocycles. The first-order chi connectivity index (χ1) is 4.34. The Kier molecular flexibility index (Phi) is 1.68. The molecule has 0 aromatic rings. The number of ether oxygens (including phenoxy) is 1. The van der Waals surface area contributed by atoms with Gasteiger partial charge in [-0.2, -0.15) is 0 Å². The van der Waals surface area contributed by atoms with E-state index < -0.39 is 0 Å². The number of hydrogen-bond donors (Lipinski definition) is 1. The van der Waals surface area contributed by atoms with Crippen LogP contribution in [0, 0.1) is 11.8 Å². The van der Waals surface area contributed by atoms with Gasteiger partial charge in [0.15, 0.2) is 0 Å². The molecule has 0 heterocycles. The molecule has 0 aromatic carbocycles. The van der Waals surface area contributed by atoms with Crippen LogP contribution >= 0.6 is 0 Å². The van der Waals surface area contributed by atoms with Crippen LogP contribution in [0.25, 0.3) is 0 Å². The van der Waals surface area contributed by atoms with E-state index in [0.29, 0.717) is 0 Å². The van der Waals surface area contributed by atoms with Crippen molar-refractivity contribution in [2.75, 3.05) is 7.11 Å². The van der Waals surface area contributed by atoms with E-state index >= 15 is 0 Å². The van der Waals surface area contributed by atoms with Crippen LogP contribution in [0.5, 0.6) is 0 Å². The van der Waals surface area contributed by atoms with E-state index in [1.807, 2.05) is 24.6 Å². The van der Waals surface area contributed by atoms with Crippen molar-refractivity contribution in [2.24, 2.45) is 0 Å². The summed E-state index contributed by atoms with van der Waals surface area (Å²) < 4.78 is 4.68. The van der Waals surface area contributed by atoms with Crippen LogP contribution in [-0.4, -0.2) is 13.0 Å². The molecule has 1 rings (SSSR count). The minimum Gasteiger partial charge on any atom is -0.481 e. The summed E-state index contributed by atoms with van der Waals surface area (Å²) in [6.07, 6.45) is 7.43. The summed E-state index contributed by atoms with van der Waals surface area (Å²) in [5, 5.41) is 7.17. The van der Waals surface area contributed by atoms with Crippen LogP contribution in [0.3, 0.4) is 0 Å². The van der Waals surface area contributed by atoms with E-state index in [4.69, 9.17) is 5.41 Å². The highest BCUT2D eigenvalue weighted by Gasteiger charge is 2.04. The molecular formula is C7H8NO. The highest BCUT2D eigenvalue weighted by atomic mass is 16.5. The van der Waals surface area contributed by atoms with Gasteiger partial charge in [-0.25, -0.2) is 0 Å². The molecular weight excluding hydrogens is 114 g/mol. The Morgan fingerprint density at radius 1 is 1.56 bits per heavy atom. The lowest BCUT2D eigenvalue weighted by Crippen LogP contribution is -2.01. The molecule has 0 unspecified atom stereocenters. The molecule has 1 aliphatic rings. The molecule has 0 fully saturated rings. The fraction of sp³-hybridized carbons (Fsp3) is 0.143. The Hall–Kier alpha value is -1.05. The van der Waals surface area contributed by atoms with Crippen molar-refractivity contribution in [3.8, 4) is 0 Å². The molecule has 0 saturated heterocycles. The number of allylic oxidation sites excluding steroid dienone is 3. The maximum atomic E-state index is 7.17. The van der Waals surface area contributed by atoms with Crippen molar-refractivity contribution >= 4 is 5.90 Å². The normalized spacial score (nSPS) is 15.4. The van der Waals surface area contributed by atoms with Gasteiger partial charge in [0.1, 0.15) is 0 Å². The summed E-state index contributed by atoms with van der Waals surface area (Å²) >= 11 is 0. The van der Waals surface area contributed by atoms with Crippen molar-refractivity contribution in [3.63, 3.8) is 0 Å². The molecule has 2 nitrogen and oxygen atoms in total. The average Bonchev–Trinajstić information content (AvgIpc) is 2.37. The van der Waals surface area contributed by atoms with E-state index in [2.05, 4.69) is 4.74 Å². The average molecular weight is 122 g/mol. The van der Waals surface area contributed by atoms with Crippen molar-refractivity contribution in [2.45, 2.75) is 0 Å². The summed E-state index contributed by atoms with van der Waals surface area (Å²) in [4.78, 5) is 0. The van der Waals surface area contributed by atoms with Crippen LogP contribution in [-0.2, 0) is 4.74 Å². The Bertz CT molecular complexity index is 179. The largest absolute Gasteiger partial charge is 0.481 e. The minimum atomic E-state index is 0.222. The second-order valence-electron chi connectivity index (χ2n) is 1.71. The molecule has 9 heavy (non-hydrogen) atoms. The van der Waals surface area contributed by atoms with E-state index in [1.54, 1.807) is 0 Å². The maximum Gasteiger partial charge on any atom is 0.209 e. The van der Waals surface area contributed by atoms with Gasteiger partial charge in [-0.1, -0.05) is 18.2 Å². The first-order valence-electron chi connectivity index (χ1n) is 2.69. The van der Waals surface area contributed by atoms with Gasteiger partial charge in [-0.05, 0) is 0 Å². The molecule has 0 spiro atoms. The SMILES string of the molecule is COC(=N)C1=CC=C[CH]1. The molecule has 0 aliphatic heterocycles. The molecule has 0 bridgehead atoms. The molecule has 47 valence electrons. The molecule has 0 atom stereocenters. The molecule has 2 heteroatoms. The van der Waals surface area contributed by atoms with Crippen LogP contribution in [0.1, 0.15) is 0 Å². The third-order valence-electron chi connectivity index (χ3n) is 1.13. The van der Waals surface area contributed by atoms with E-state index in [1.165, 1.54) is 7.11 Å². The summed E-state index contributed by atoms with van der Waals surface area (Å²) in [5.41, 5.74) is 0.831. The number of nitrogens with one attached hydrogen (secondary N) is 1. The van der Waals surface area contributed by atoms with Gasteiger partial charge in [0.05, 0.1) is 7.11 Å². The molecule has 0 saturated carbocycles. The highest BCUT2D eigenvalue weighted by Crippen LogP contribution is 2.09. The van der Waals surface area contributed by atoms with Crippen molar-refractivity contribution < 1.29 is 4.74 Å². The van der Waals surface area contributed by atoms with Gasteiger partial charge in [-0.15, -0.1) is 0 Å². The predicted octanol–water partition coefficient (Wildman–Crippen LogP) is 1.31. The molecule has 0 amide bonds. The summed E-state index contributed by atoms with van der Waals surface area (Å²) in [7, 11) is 1.50. The van der Waals surface area contributed by atoms with Crippen LogP contribution in [0.4, 0.5) is 0 Å². The number of hydrogen-bond acceptors (Lipinski definition) is 2. The fourth-order valence-corrected chi connectivity index (χ4v) is 0.643. The van der Waals surface area contributed by atoms with Crippen molar-refractivity contribution in [1.82, 2.24) is 0 Å². The second-order valence-corrected chi connectivity index (χ2v) is 1.71. The van der Waals surface area contributed by atoms with Gasteiger partial charge in [0.2, 0.25) is 5.90 Å². The first-order valence-corrected chi connectivity index (χ1v) is 2.69. The molecule has 1 radical (unpaired) electrons. The molecule has 1 N–H and O–H groups in total. The van der Waals surface area contributed by atoms with Crippen molar-refractivity contribution in [1.29, 1.82) is 5.41 Å². The van der Waals surface area contributed by atoms with E-state index in [0.717, 1.165) is 5.57 Å². The molecule has 1 aliphatic carbocycles. The lowest BCUT2D eigenvalue weighted by Gasteiger charge is -1.99. The monoisotopic (exact) mass is 122 g/mol. The third-order valence-corrected chi connectivity index (χ3v) is 1.13. The quantitative estimate of drug-likeness (QED) is 0.413. The lowest BCUT2D eigenvalue weighted by atomic mass is 10.2. The lowest BCUT2D eigenvalue weighted by molar-refractivity contribution is 0.400. The summed E-state index contributed by atoms with van der Waals surface area (Å²) in [6, 6.07) is 0.